The zero-order chi connectivity index (χ0) is 8.81. The van der Waals surface area contributed by atoms with Gasteiger partial charge in [-0.2, -0.15) is 0 Å². The molecule has 12 heavy (non-hydrogen) atoms. The summed E-state index contributed by atoms with van der Waals surface area (Å²) in [6.45, 7) is 2.16. The van der Waals surface area contributed by atoms with Gasteiger partial charge in [-0.05, 0) is 38.7 Å². The summed E-state index contributed by atoms with van der Waals surface area (Å²) in [6, 6.07) is 0. The SMILES string of the molecule is C/C1=C/CCCC(=O)/C=C\CC1. The summed E-state index contributed by atoms with van der Waals surface area (Å²) in [5, 5.41) is 0. The maximum absolute atomic E-state index is 11.1. The molecule has 1 aliphatic carbocycles. The number of rotatable bonds is 0. The zero-order valence-corrected chi connectivity index (χ0v) is 7.68. The molecule has 0 heterocycles. The third kappa shape index (κ3) is 3.51. The fourth-order valence-corrected chi connectivity index (χ4v) is 1.34. The molecular weight excluding hydrogens is 148 g/mol. The molecule has 1 rings (SSSR count). The second-order valence-electron chi connectivity index (χ2n) is 3.35. The van der Waals surface area contributed by atoms with Crippen LogP contribution in [0.25, 0.3) is 0 Å². The minimum absolute atomic E-state index is 0.281. The predicted octanol–water partition coefficient (Wildman–Crippen LogP) is 3.02. The average Bonchev–Trinajstić information content (AvgIpc) is 2.06. The third-order valence-electron chi connectivity index (χ3n) is 2.13. The normalized spacial score (nSPS) is 27.4. The van der Waals surface area contributed by atoms with E-state index in [1.807, 2.05) is 6.08 Å². The second kappa shape index (κ2) is 4.91. The van der Waals surface area contributed by atoms with Crippen LogP contribution in [0.1, 0.15) is 39.0 Å². The molecule has 0 fully saturated rings. The number of ketones is 1. The van der Waals surface area contributed by atoms with Crippen molar-refractivity contribution in [1.29, 1.82) is 0 Å². The Morgan fingerprint density at radius 1 is 1.25 bits per heavy atom. The van der Waals surface area contributed by atoms with Crippen molar-refractivity contribution < 1.29 is 4.79 Å². The molecule has 0 saturated heterocycles. The van der Waals surface area contributed by atoms with Gasteiger partial charge in [0.1, 0.15) is 0 Å². The summed E-state index contributed by atoms with van der Waals surface area (Å²) in [5.74, 6) is 0.281. The maximum atomic E-state index is 11.1. The number of hydrogen-bond acceptors (Lipinski definition) is 1. The highest BCUT2D eigenvalue weighted by atomic mass is 16.1. The van der Waals surface area contributed by atoms with Crippen LogP contribution in [-0.4, -0.2) is 5.78 Å². The first-order valence-electron chi connectivity index (χ1n) is 4.64. The van der Waals surface area contributed by atoms with Crippen molar-refractivity contribution in [2.24, 2.45) is 0 Å². The molecular formula is C11H16O. The zero-order valence-electron chi connectivity index (χ0n) is 7.68. The predicted molar refractivity (Wildman–Crippen MR) is 51.0 cm³/mol. The molecule has 0 spiro atoms. The van der Waals surface area contributed by atoms with E-state index in [0.717, 1.165) is 25.7 Å². The highest BCUT2D eigenvalue weighted by Crippen LogP contribution is 2.10. The molecule has 0 saturated carbocycles. The molecule has 66 valence electrons. The molecule has 0 N–H and O–H groups in total. The monoisotopic (exact) mass is 164 g/mol. The van der Waals surface area contributed by atoms with E-state index in [1.165, 1.54) is 5.57 Å². The van der Waals surface area contributed by atoms with Crippen LogP contribution in [0, 0.1) is 0 Å². The molecule has 0 amide bonds. The lowest BCUT2D eigenvalue weighted by Crippen LogP contribution is -1.93. The standard InChI is InChI=1S/C11H16O/c1-10-6-2-4-8-11(12)9-5-3-7-10/h4,7-8H,2-3,5-6,9H2,1H3/b8-4-,10-7-. The van der Waals surface area contributed by atoms with Crippen LogP contribution in [0.15, 0.2) is 23.8 Å². The van der Waals surface area contributed by atoms with Crippen molar-refractivity contribution in [2.45, 2.75) is 39.0 Å². The summed E-state index contributed by atoms with van der Waals surface area (Å²) in [7, 11) is 0. The lowest BCUT2D eigenvalue weighted by atomic mass is 10.1. The van der Waals surface area contributed by atoms with Gasteiger partial charge in [-0.25, -0.2) is 0 Å². The van der Waals surface area contributed by atoms with Crippen LogP contribution in [-0.2, 0) is 4.79 Å². The van der Waals surface area contributed by atoms with E-state index in [9.17, 15) is 4.79 Å². The van der Waals surface area contributed by atoms with Gasteiger partial charge in [0.05, 0.1) is 0 Å². The van der Waals surface area contributed by atoms with E-state index >= 15 is 0 Å². The lowest BCUT2D eigenvalue weighted by molar-refractivity contribution is -0.114. The molecule has 0 atom stereocenters. The third-order valence-corrected chi connectivity index (χ3v) is 2.13. The van der Waals surface area contributed by atoms with E-state index in [1.54, 1.807) is 6.08 Å². The van der Waals surface area contributed by atoms with Gasteiger partial charge in [-0.3, -0.25) is 4.79 Å². The van der Waals surface area contributed by atoms with E-state index in [4.69, 9.17) is 0 Å². The Morgan fingerprint density at radius 3 is 2.92 bits per heavy atom. The number of carbonyl (C=O) groups excluding carboxylic acids is 1. The van der Waals surface area contributed by atoms with Crippen molar-refractivity contribution in [2.75, 3.05) is 0 Å². The van der Waals surface area contributed by atoms with Gasteiger partial charge in [0, 0.05) is 6.42 Å². The fourth-order valence-electron chi connectivity index (χ4n) is 1.34. The Hall–Kier alpha value is -0.850. The summed E-state index contributed by atoms with van der Waals surface area (Å²) >= 11 is 0. The van der Waals surface area contributed by atoms with Crippen molar-refractivity contribution in [3.05, 3.63) is 23.8 Å². The Balaban J connectivity index is 2.49. The lowest BCUT2D eigenvalue weighted by Gasteiger charge is -2.01. The fraction of sp³-hybridized carbons (Fsp3) is 0.545. The molecule has 0 unspecified atom stereocenters. The minimum Gasteiger partial charge on any atom is -0.295 e. The highest BCUT2D eigenvalue weighted by Gasteiger charge is 1.97. The van der Waals surface area contributed by atoms with Crippen molar-refractivity contribution in [3.63, 3.8) is 0 Å². The van der Waals surface area contributed by atoms with Crippen molar-refractivity contribution in [1.82, 2.24) is 0 Å². The van der Waals surface area contributed by atoms with Gasteiger partial charge >= 0.3 is 0 Å². The molecule has 1 aliphatic rings. The topological polar surface area (TPSA) is 17.1 Å². The Labute approximate surface area is 74.2 Å². The largest absolute Gasteiger partial charge is 0.295 e. The smallest absolute Gasteiger partial charge is 0.155 e. The van der Waals surface area contributed by atoms with Crippen LogP contribution < -0.4 is 0 Å². The van der Waals surface area contributed by atoms with Gasteiger partial charge in [-0.1, -0.05) is 17.7 Å². The minimum atomic E-state index is 0.281. The Kier molecular flexibility index (Phi) is 3.78. The quantitative estimate of drug-likeness (QED) is 0.503. The summed E-state index contributed by atoms with van der Waals surface area (Å²) < 4.78 is 0. The first kappa shape index (κ1) is 9.24. The van der Waals surface area contributed by atoms with Crippen molar-refractivity contribution >= 4 is 5.78 Å². The number of carbonyl (C=O) groups is 1. The van der Waals surface area contributed by atoms with Crippen LogP contribution in [0.5, 0.6) is 0 Å². The molecule has 0 radical (unpaired) electrons. The second-order valence-corrected chi connectivity index (χ2v) is 3.35. The van der Waals surface area contributed by atoms with E-state index < -0.39 is 0 Å². The summed E-state index contributed by atoms with van der Waals surface area (Å²) in [4.78, 5) is 11.1. The molecule has 1 heteroatoms. The maximum Gasteiger partial charge on any atom is 0.155 e. The van der Waals surface area contributed by atoms with Crippen LogP contribution in [0.4, 0.5) is 0 Å². The van der Waals surface area contributed by atoms with E-state index in [-0.39, 0.29) is 5.78 Å². The highest BCUT2D eigenvalue weighted by molar-refractivity contribution is 5.89. The van der Waals surface area contributed by atoms with Gasteiger partial charge in [-0.15, -0.1) is 0 Å². The first-order chi connectivity index (χ1) is 5.79. The Morgan fingerprint density at radius 2 is 2.08 bits per heavy atom. The van der Waals surface area contributed by atoms with Crippen molar-refractivity contribution in [3.8, 4) is 0 Å². The molecule has 0 aromatic carbocycles. The van der Waals surface area contributed by atoms with Crippen LogP contribution in [0.2, 0.25) is 0 Å². The van der Waals surface area contributed by atoms with Gasteiger partial charge < -0.3 is 0 Å². The summed E-state index contributed by atoms with van der Waals surface area (Å²) in [6.07, 6.45) is 10.9. The van der Waals surface area contributed by atoms with Gasteiger partial charge in [0.15, 0.2) is 5.78 Å². The number of allylic oxidation sites excluding steroid dienone is 4. The molecule has 1 nitrogen and oxygen atoms in total. The van der Waals surface area contributed by atoms with Crippen LogP contribution in [0.3, 0.4) is 0 Å². The molecule has 0 aromatic rings. The molecule has 0 aromatic heterocycles. The van der Waals surface area contributed by atoms with E-state index in [2.05, 4.69) is 13.0 Å². The van der Waals surface area contributed by atoms with Crippen LogP contribution >= 0.6 is 0 Å². The Bertz CT molecular complexity index is 211. The number of hydrogen-bond donors (Lipinski definition) is 0. The molecule has 0 bridgehead atoms. The average molecular weight is 164 g/mol. The van der Waals surface area contributed by atoms with E-state index in [0.29, 0.717) is 6.42 Å². The molecule has 0 aliphatic heterocycles. The van der Waals surface area contributed by atoms with Gasteiger partial charge in [0.2, 0.25) is 0 Å². The summed E-state index contributed by atoms with van der Waals surface area (Å²) in [5.41, 5.74) is 1.45. The van der Waals surface area contributed by atoms with Gasteiger partial charge in [0.25, 0.3) is 0 Å². The first-order valence-corrected chi connectivity index (χ1v) is 4.64.